The molecule has 1 atom stereocenters. The van der Waals surface area contributed by atoms with Crippen LogP contribution >= 0.6 is 0 Å². The lowest BCUT2D eigenvalue weighted by atomic mass is 9.92. The molecule has 0 spiro atoms. The van der Waals surface area contributed by atoms with Crippen molar-refractivity contribution in [2.45, 2.75) is 31.5 Å². The lowest BCUT2D eigenvalue weighted by Crippen LogP contribution is -2.49. The van der Waals surface area contributed by atoms with E-state index in [2.05, 4.69) is 5.32 Å². The van der Waals surface area contributed by atoms with Gasteiger partial charge in [0.25, 0.3) is 0 Å². The summed E-state index contributed by atoms with van der Waals surface area (Å²) in [5, 5.41) is 11.3. The zero-order valence-corrected chi connectivity index (χ0v) is 9.10. The Hall–Kier alpha value is -0.800. The van der Waals surface area contributed by atoms with Gasteiger partial charge in [0.05, 0.1) is 6.07 Å². The molecular formula is C10H15F3N2O. The molecule has 1 saturated heterocycles. The minimum atomic E-state index is -4.46. The van der Waals surface area contributed by atoms with E-state index in [0.29, 0.717) is 26.1 Å². The van der Waals surface area contributed by atoms with Crippen molar-refractivity contribution >= 4 is 0 Å². The summed E-state index contributed by atoms with van der Waals surface area (Å²) in [5.74, 6) is -1.94. The average Bonchev–Trinajstić information content (AvgIpc) is 2.17. The first kappa shape index (κ1) is 13.3. The summed E-state index contributed by atoms with van der Waals surface area (Å²) in [5.41, 5.74) is -0.349. The van der Waals surface area contributed by atoms with Crippen LogP contribution in [0.2, 0.25) is 0 Å². The highest BCUT2D eigenvalue weighted by Crippen LogP contribution is 2.27. The topological polar surface area (TPSA) is 45.0 Å². The molecule has 0 aromatic rings. The minimum absolute atomic E-state index is 0.349. The number of hydrogen-bond donors (Lipinski definition) is 1. The highest BCUT2D eigenvalue weighted by atomic mass is 19.4. The summed E-state index contributed by atoms with van der Waals surface area (Å²) < 4.78 is 42.1. The fraction of sp³-hybridized carbons (Fsp3) is 0.900. The SMILES string of the molecule is CC1(NCC(C#N)C(F)(F)F)CCOCC1. The third-order valence-electron chi connectivity index (χ3n) is 2.88. The first-order chi connectivity index (χ1) is 7.37. The number of nitrogens with zero attached hydrogens (tertiary/aromatic N) is 1. The molecule has 1 N–H and O–H groups in total. The second-order valence-electron chi connectivity index (χ2n) is 4.28. The van der Waals surface area contributed by atoms with E-state index in [1.54, 1.807) is 0 Å². The Bertz CT molecular complexity index is 266. The highest BCUT2D eigenvalue weighted by molar-refractivity contribution is 4.94. The van der Waals surface area contributed by atoms with Crippen LogP contribution in [0.4, 0.5) is 13.2 Å². The maximum Gasteiger partial charge on any atom is 0.405 e. The number of nitrogens with one attached hydrogen (secondary N) is 1. The quantitative estimate of drug-likeness (QED) is 0.813. The fourth-order valence-corrected chi connectivity index (χ4v) is 1.58. The largest absolute Gasteiger partial charge is 0.405 e. The van der Waals surface area contributed by atoms with Gasteiger partial charge in [0.1, 0.15) is 0 Å². The van der Waals surface area contributed by atoms with Crippen molar-refractivity contribution in [2.75, 3.05) is 19.8 Å². The molecule has 0 aromatic carbocycles. The standard InChI is InChI=1S/C10H15F3N2O/c1-9(2-4-16-5-3-9)15-7-8(6-14)10(11,12)13/h8,15H,2-5,7H2,1H3. The Morgan fingerprint density at radius 3 is 2.44 bits per heavy atom. The van der Waals surface area contributed by atoms with E-state index in [4.69, 9.17) is 10.00 Å². The number of rotatable bonds is 3. The number of hydrogen-bond acceptors (Lipinski definition) is 3. The highest BCUT2D eigenvalue weighted by Gasteiger charge is 2.41. The smallest absolute Gasteiger partial charge is 0.381 e. The van der Waals surface area contributed by atoms with Crippen molar-refractivity contribution < 1.29 is 17.9 Å². The summed E-state index contributed by atoms with van der Waals surface area (Å²) in [6.07, 6.45) is -3.12. The van der Waals surface area contributed by atoms with Crippen molar-refractivity contribution in [1.82, 2.24) is 5.32 Å². The normalized spacial score (nSPS) is 22.4. The van der Waals surface area contributed by atoms with Crippen LogP contribution in [0.1, 0.15) is 19.8 Å². The maximum atomic E-state index is 12.3. The van der Waals surface area contributed by atoms with Crippen LogP contribution in [0.3, 0.4) is 0 Å². The first-order valence-corrected chi connectivity index (χ1v) is 5.16. The summed E-state index contributed by atoms with van der Waals surface area (Å²) in [6, 6.07) is 1.28. The van der Waals surface area contributed by atoms with Gasteiger partial charge >= 0.3 is 6.18 Å². The van der Waals surface area contributed by atoms with Gasteiger partial charge in [-0.3, -0.25) is 0 Å². The van der Waals surface area contributed by atoms with Gasteiger partial charge in [0.2, 0.25) is 0 Å². The van der Waals surface area contributed by atoms with Crippen molar-refractivity contribution in [2.24, 2.45) is 5.92 Å². The van der Waals surface area contributed by atoms with Crippen LogP contribution in [0.15, 0.2) is 0 Å². The second kappa shape index (κ2) is 5.02. The molecule has 0 amide bonds. The summed E-state index contributed by atoms with van der Waals surface area (Å²) in [7, 11) is 0. The van der Waals surface area contributed by atoms with E-state index in [1.165, 1.54) is 6.07 Å². The molecule has 1 fully saturated rings. The van der Waals surface area contributed by atoms with E-state index < -0.39 is 12.1 Å². The third kappa shape index (κ3) is 3.65. The molecule has 1 heterocycles. The summed E-state index contributed by atoms with van der Waals surface area (Å²) in [6.45, 7) is 2.61. The molecular weight excluding hydrogens is 221 g/mol. The van der Waals surface area contributed by atoms with Gasteiger partial charge in [-0.25, -0.2) is 0 Å². The zero-order chi connectivity index (χ0) is 12.2. The molecule has 1 rings (SSSR count). The Morgan fingerprint density at radius 1 is 1.44 bits per heavy atom. The van der Waals surface area contributed by atoms with Gasteiger partial charge in [0.15, 0.2) is 5.92 Å². The van der Waals surface area contributed by atoms with Crippen LogP contribution in [-0.4, -0.2) is 31.5 Å². The molecule has 1 aliphatic rings. The van der Waals surface area contributed by atoms with Crippen molar-refractivity contribution in [3.8, 4) is 6.07 Å². The van der Waals surface area contributed by atoms with Crippen molar-refractivity contribution in [3.05, 3.63) is 0 Å². The lowest BCUT2D eigenvalue weighted by molar-refractivity contribution is -0.158. The Kier molecular flexibility index (Phi) is 4.16. The molecule has 0 bridgehead atoms. The van der Waals surface area contributed by atoms with Gasteiger partial charge in [0, 0.05) is 25.3 Å². The fourth-order valence-electron chi connectivity index (χ4n) is 1.58. The molecule has 1 unspecified atom stereocenters. The van der Waals surface area contributed by atoms with Gasteiger partial charge in [-0.05, 0) is 19.8 Å². The molecule has 92 valence electrons. The van der Waals surface area contributed by atoms with Gasteiger partial charge < -0.3 is 10.1 Å². The van der Waals surface area contributed by atoms with E-state index in [0.717, 1.165) is 0 Å². The predicted octanol–water partition coefficient (Wildman–Crippen LogP) is 1.85. The number of alkyl halides is 3. The molecule has 0 saturated carbocycles. The molecule has 1 aliphatic heterocycles. The molecule has 16 heavy (non-hydrogen) atoms. The number of nitriles is 1. The summed E-state index contributed by atoms with van der Waals surface area (Å²) >= 11 is 0. The van der Waals surface area contributed by atoms with E-state index in [1.807, 2.05) is 6.92 Å². The van der Waals surface area contributed by atoms with Crippen molar-refractivity contribution in [1.29, 1.82) is 5.26 Å². The molecule has 0 aliphatic carbocycles. The van der Waals surface area contributed by atoms with Crippen LogP contribution < -0.4 is 5.32 Å². The monoisotopic (exact) mass is 236 g/mol. The average molecular weight is 236 g/mol. The second-order valence-corrected chi connectivity index (χ2v) is 4.28. The van der Waals surface area contributed by atoms with Crippen LogP contribution in [-0.2, 0) is 4.74 Å². The molecule has 6 heteroatoms. The third-order valence-corrected chi connectivity index (χ3v) is 2.88. The summed E-state index contributed by atoms with van der Waals surface area (Å²) in [4.78, 5) is 0. The lowest BCUT2D eigenvalue weighted by Gasteiger charge is -2.35. The zero-order valence-electron chi connectivity index (χ0n) is 9.10. The van der Waals surface area contributed by atoms with E-state index in [9.17, 15) is 13.2 Å². The van der Waals surface area contributed by atoms with Gasteiger partial charge in [-0.1, -0.05) is 0 Å². The van der Waals surface area contributed by atoms with Gasteiger partial charge in [-0.2, -0.15) is 18.4 Å². The molecule has 0 radical (unpaired) electrons. The number of ether oxygens (including phenoxy) is 1. The van der Waals surface area contributed by atoms with E-state index in [-0.39, 0.29) is 12.1 Å². The van der Waals surface area contributed by atoms with Crippen LogP contribution in [0.5, 0.6) is 0 Å². The Morgan fingerprint density at radius 2 is 2.00 bits per heavy atom. The maximum absolute atomic E-state index is 12.3. The van der Waals surface area contributed by atoms with Crippen molar-refractivity contribution in [3.63, 3.8) is 0 Å². The first-order valence-electron chi connectivity index (χ1n) is 5.16. The molecule has 0 aromatic heterocycles. The Labute approximate surface area is 92.6 Å². The molecule has 3 nitrogen and oxygen atoms in total. The predicted molar refractivity (Wildman–Crippen MR) is 51.6 cm³/mol. The number of halogens is 3. The van der Waals surface area contributed by atoms with Crippen LogP contribution in [0.25, 0.3) is 0 Å². The van der Waals surface area contributed by atoms with E-state index >= 15 is 0 Å². The minimum Gasteiger partial charge on any atom is -0.381 e. The van der Waals surface area contributed by atoms with Crippen LogP contribution in [0, 0.1) is 17.2 Å². The Balaban J connectivity index is 2.46. The van der Waals surface area contributed by atoms with Gasteiger partial charge in [-0.15, -0.1) is 0 Å².